The first-order valence-electron chi connectivity index (χ1n) is 12.7. The second-order valence-electron chi connectivity index (χ2n) is 11.6. The standard InChI is InChI=1S/C29H38O3/c1-20(30)32-23-12-15-27(2)22(19-23)9-10-24-25(27)13-16-28(3)26(24)14-18-29(28,31)17-11-21-7-5-4-6-8-21/h4-8,22-26,31H,9-10,12-16,18-19H2,1-3H3/t22-,23+,24-,25+,26-,27-,28-,29-/m1/s1. The number of aliphatic hydroxyl groups is 1. The highest BCUT2D eigenvalue weighted by molar-refractivity contribution is 5.66. The number of esters is 1. The Bertz CT molecular complexity index is 929. The minimum absolute atomic E-state index is 0.112. The molecule has 8 atom stereocenters. The molecule has 3 nitrogen and oxygen atoms in total. The molecule has 0 saturated heterocycles. The van der Waals surface area contributed by atoms with E-state index in [1.54, 1.807) is 0 Å². The third-order valence-electron chi connectivity index (χ3n) is 10.3. The molecule has 0 heterocycles. The van der Waals surface area contributed by atoms with Crippen LogP contribution in [0.1, 0.15) is 84.1 Å². The van der Waals surface area contributed by atoms with Crippen molar-refractivity contribution in [2.45, 2.75) is 90.3 Å². The maximum Gasteiger partial charge on any atom is 0.302 e. The maximum atomic E-state index is 11.8. The average Bonchev–Trinajstić information content (AvgIpc) is 3.04. The van der Waals surface area contributed by atoms with Crippen LogP contribution in [0.25, 0.3) is 0 Å². The van der Waals surface area contributed by atoms with Crippen molar-refractivity contribution in [3.63, 3.8) is 0 Å². The molecule has 0 radical (unpaired) electrons. The summed E-state index contributed by atoms with van der Waals surface area (Å²) in [4.78, 5) is 11.5. The van der Waals surface area contributed by atoms with Gasteiger partial charge in [0.25, 0.3) is 0 Å². The predicted octanol–water partition coefficient (Wildman–Crippen LogP) is 5.74. The number of carbonyl (C=O) groups is 1. The van der Waals surface area contributed by atoms with Crippen LogP contribution in [0.2, 0.25) is 0 Å². The van der Waals surface area contributed by atoms with E-state index in [1.165, 1.54) is 26.2 Å². The van der Waals surface area contributed by atoms with Crippen molar-refractivity contribution in [3.05, 3.63) is 35.9 Å². The molecule has 1 aromatic rings. The van der Waals surface area contributed by atoms with Gasteiger partial charge in [0, 0.05) is 17.9 Å². The molecule has 4 saturated carbocycles. The molecule has 0 bridgehead atoms. The van der Waals surface area contributed by atoms with E-state index in [1.807, 2.05) is 30.3 Å². The largest absolute Gasteiger partial charge is 0.463 e. The topological polar surface area (TPSA) is 46.5 Å². The summed E-state index contributed by atoms with van der Waals surface area (Å²) in [5, 5.41) is 11.8. The van der Waals surface area contributed by atoms with Crippen molar-refractivity contribution in [1.82, 2.24) is 0 Å². The lowest BCUT2D eigenvalue weighted by atomic mass is 9.44. The van der Waals surface area contributed by atoms with Crippen LogP contribution in [0.15, 0.2) is 30.3 Å². The summed E-state index contributed by atoms with van der Waals surface area (Å²) < 4.78 is 5.61. The Morgan fingerprint density at radius 1 is 1.00 bits per heavy atom. The van der Waals surface area contributed by atoms with E-state index in [9.17, 15) is 9.90 Å². The Hall–Kier alpha value is -1.79. The van der Waals surface area contributed by atoms with Crippen LogP contribution in [-0.4, -0.2) is 22.8 Å². The van der Waals surface area contributed by atoms with Crippen LogP contribution in [0.5, 0.6) is 0 Å². The van der Waals surface area contributed by atoms with Gasteiger partial charge >= 0.3 is 5.97 Å². The fraction of sp³-hybridized carbons (Fsp3) is 0.690. The van der Waals surface area contributed by atoms with E-state index in [2.05, 4.69) is 25.7 Å². The van der Waals surface area contributed by atoms with E-state index < -0.39 is 5.60 Å². The molecule has 0 spiro atoms. The SMILES string of the molecule is CC(=O)O[C@H]1CC[C@]2(C)[C@H](CC[C@H]3[C@H]4CC[C@](O)(C#Cc5ccccc5)[C@]4(C)CC[C@@H]32)C1. The first-order valence-corrected chi connectivity index (χ1v) is 12.7. The van der Waals surface area contributed by atoms with Crippen LogP contribution >= 0.6 is 0 Å². The van der Waals surface area contributed by atoms with Gasteiger partial charge in [-0.2, -0.15) is 0 Å². The predicted molar refractivity (Wildman–Crippen MR) is 126 cm³/mol. The van der Waals surface area contributed by atoms with Gasteiger partial charge in [0.1, 0.15) is 11.7 Å². The molecule has 32 heavy (non-hydrogen) atoms. The molecule has 1 aromatic carbocycles. The van der Waals surface area contributed by atoms with E-state index in [4.69, 9.17) is 4.74 Å². The van der Waals surface area contributed by atoms with Gasteiger partial charge < -0.3 is 9.84 Å². The number of fused-ring (bicyclic) bond motifs is 5. The normalized spacial score (nSPS) is 44.9. The monoisotopic (exact) mass is 434 g/mol. The van der Waals surface area contributed by atoms with E-state index in [0.29, 0.717) is 23.2 Å². The highest BCUT2D eigenvalue weighted by atomic mass is 16.5. The van der Waals surface area contributed by atoms with Gasteiger partial charge in [-0.05, 0) is 99.0 Å². The third-order valence-corrected chi connectivity index (χ3v) is 10.3. The van der Waals surface area contributed by atoms with Gasteiger partial charge in [0.05, 0.1) is 0 Å². The number of rotatable bonds is 1. The summed E-state index contributed by atoms with van der Waals surface area (Å²) in [6.45, 7) is 6.39. The molecule has 172 valence electrons. The lowest BCUT2D eigenvalue weighted by molar-refractivity contribution is -0.163. The van der Waals surface area contributed by atoms with Gasteiger partial charge in [-0.25, -0.2) is 0 Å². The number of carbonyl (C=O) groups excluding carboxylic acids is 1. The number of benzene rings is 1. The molecule has 0 amide bonds. The van der Waals surface area contributed by atoms with Crippen molar-refractivity contribution in [1.29, 1.82) is 0 Å². The van der Waals surface area contributed by atoms with E-state index >= 15 is 0 Å². The molecule has 0 unspecified atom stereocenters. The lowest BCUT2D eigenvalue weighted by Crippen LogP contribution is -2.56. The Morgan fingerprint density at radius 2 is 1.75 bits per heavy atom. The molecule has 5 rings (SSSR count). The van der Waals surface area contributed by atoms with Crippen molar-refractivity contribution in [2.75, 3.05) is 0 Å². The van der Waals surface area contributed by atoms with Crippen LogP contribution < -0.4 is 0 Å². The Kier molecular flexibility index (Phi) is 5.44. The Morgan fingerprint density at radius 3 is 2.50 bits per heavy atom. The quantitative estimate of drug-likeness (QED) is 0.453. The summed E-state index contributed by atoms with van der Waals surface area (Å²) in [5.41, 5.74) is 0.327. The highest BCUT2D eigenvalue weighted by Crippen LogP contribution is 2.68. The van der Waals surface area contributed by atoms with E-state index in [-0.39, 0.29) is 17.5 Å². The van der Waals surface area contributed by atoms with E-state index in [0.717, 1.165) is 50.0 Å². The molecular weight excluding hydrogens is 396 g/mol. The molecule has 3 heteroatoms. The summed E-state index contributed by atoms with van der Waals surface area (Å²) in [5.74, 6) is 9.13. The highest BCUT2D eigenvalue weighted by Gasteiger charge is 2.64. The lowest BCUT2D eigenvalue weighted by Gasteiger charge is -2.61. The fourth-order valence-corrected chi connectivity index (χ4v) is 8.48. The Balaban J connectivity index is 1.36. The summed E-state index contributed by atoms with van der Waals surface area (Å²) >= 11 is 0. The maximum absolute atomic E-state index is 11.8. The minimum atomic E-state index is -0.886. The summed E-state index contributed by atoms with van der Waals surface area (Å²) in [6, 6.07) is 10.1. The summed E-state index contributed by atoms with van der Waals surface area (Å²) in [7, 11) is 0. The molecule has 4 aliphatic carbocycles. The van der Waals surface area contributed by atoms with Crippen LogP contribution in [0, 0.1) is 46.3 Å². The molecule has 4 fully saturated rings. The molecule has 0 aliphatic heterocycles. The molecule has 4 aliphatic rings. The van der Waals surface area contributed by atoms with Crippen molar-refractivity contribution in [2.24, 2.45) is 34.5 Å². The molecule has 0 aromatic heterocycles. The number of hydrogen-bond acceptors (Lipinski definition) is 3. The second-order valence-corrected chi connectivity index (χ2v) is 11.6. The zero-order valence-corrected chi connectivity index (χ0v) is 19.9. The van der Waals surface area contributed by atoms with Crippen LogP contribution in [0.3, 0.4) is 0 Å². The van der Waals surface area contributed by atoms with Crippen molar-refractivity contribution in [3.8, 4) is 11.8 Å². The average molecular weight is 435 g/mol. The van der Waals surface area contributed by atoms with Crippen molar-refractivity contribution >= 4 is 5.97 Å². The zero-order chi connectivity index (χ0) is 22.6. The minimum Gasteiger partial charge on any atom is -0.463 e. The second kappa shape index (κ2) is 7.91. The first-order chi connectivity index (χ1) is 15.3. The summed E-state index contributed by atoms with van der Waals surface area (Å²) in [6.07, 6.45) is 9.94. The van der Waals surface area contributed by atoms with Crippen molar-refractivity contribution < 1.29 is 14.6 Å². The number of hydrogen-bond donors (Lipinski definition) is 1. The Labute approximate surface area is 193 Å². The molecular formula is C29H38O3. The smallest absolute Gasteiger partial charge is 0.302 e. The van der Waals surface area contributed by atoms with Gasteiger partial charge in [0.15, 0.2) is 0 Å². The third kappa shape index (κ3) is 3.41. The fourth-order valence-electron chi connectivity index (χ4n) is 8.48. The molecule has 1 N–H and O–H groups in total. The zero-order valence-electron chi connectivity index (χ0n) is 19.9. The first kappa shape index (κ1) is 22.0. The number of ether oxygens (including phenoxy) is 1. The van der Waals surface area contributed by atoms with Crippen LogP contribution in [0.4, 0.5) is 0 Å². The van der Waals surface area contributed by atoms with Crippen LogP contribution in [-0.2, 0) is 9.53 Å². The van der Waals surface area contributed by atoms with Gasteiger partial charge in [-0.3, -0.25) is 4.79 Å². The van der Waals surface area contributed by atoms with Gasteiger partial charge in [0.2, 0.25) is 0 Å². The van der Waals surface area contributed by atoms with Gasteiger partial charge in [-0.15, -0.1) is 0 Å². The van der Waals surface area contributed by atoms with Gasteiger partial charge in [-0.1, -0.05) is 43.9 Å².